The molecule has 1 heterocycles. The topological polar surface area (TPSA) is 95.7 Å². The summed E-state index contributed by atoms with van der Waals surface area (Å²) in [4.78, 5) is 11.8. The van der Waals surface area contributed by atoms with Gasteiger partial charge in [0.05, 0.1) is 5.41 Å². The predicted molar refractivity (Wildman–Crippen MR) is 73.6 cm³/mol. The third-order valence-corrected chi connectivity index (χ3v) is 5.55. The maximum absolute atomic E-state index is 12.3. The van der Waals surface area contributed by atoms with Crippen LogP contribution in [0.2, 0.25) is 0 Å². The fraction of sp³-hybridized carbons (Fsp3) is 0.909. The first-order valence-electron chi connectivity index (χ1n) is 6.41. The first kappa shape index (κ1) is 16.4. The van der Waals surface area contributed by atoms with Crippen LogP contribution >= 0.6 is 0 Å². The van der Waals surface area contributed by atoms with Crippen molar-refractivity contribution in [3.63, 3.8) is 0 Å². The van der Waals surface area contributed by atoms with Gasteiger partial charge in [-0.15, -0.1) is 0 Å². The van der Waals surface area contributed by atoms with Gasteiger partial charge in [-0.05, 0) is 26.3 Å². The number of nitrogens with two attached hydrogens (primary N) is 1. The number of amides is 1. The van der Waals surface area contributed by atoms with Crippen molar-refractivity contribution in [2.45, 2.75) is 19.8 Å². The second-order valence-electron chi connectivity index (χ2n) is 5.19. The van der Waals surface area contributed by atoms with Crippen LogP contribution in [-0.4, -0.2) is 63.2 Å². The van der Waals surface area contributed by atoms with E-state index in [1.54, 1.807) is 21.0 Å². The first-order valence-corrected chi connectivity index (χ1v) is 7.81. The van der Waals surface area contributed by atoms with E-state index in [1.165, 1.54) is 8.61 Å². The molecule has 1 unspecified atom stereocenters. The lowest BCUT2D eigenvalue weighted by Crippen LogP contribution is -2.44. The van der Waals surface area contributed by atoms with Crippen LogP contribution in [0, 0.1) is 5.41 Å². The largest absolute Gasteiger partial charge is 0.359 e. The molecule has 0 bridgehead atoms. The molecule has 8 heteroatoms. The van der Waals surface area contributed by atoms with Crippen molar-refractivity contribution < 1.29 is 13.2 Å². The molecule has 112 valence electrons. The van der Waals surface area contributed by atoms with Crippen molar-refractivity contribution in [1.29, 1.82) is 0 Å². The van der Waals surface area contributed by atoms with E-state index in [0.717, 1.165) is 0 Å². The van der Waals surface area contributed by atoms with Gasteiger partial charge in [0.2, 0.25) is 5.91 Å². The van der Waals surface area contributed by atoms with Crippen LogP contribution in [-0.2, 0) is 15.0 Å². The molecule has 0 saturated carbocycles. The summed E-state index contributed by atoms with van der Waals surface area (Å²) in [6, 6.07) is 0. The average Bonchev–Trinajstić information content (AvgIpc) is 2.79. The van der Waals surface area contributed by atoms with Gasteiger partial charge in [0.1, 0.15) is 0 Å². The Morgan fingerprint density at radius 2 is 2.16 bits per heavy atom. The van der Waals surface area contributed by atoms with Crippen LogP contribution in [0.3, 0.4) is 0 Å². The fourth-order valence-corrected chi connectivity index (χ4v) is 3.75. The highest BCUT2D eigenvalue weighted by Crippen LogP contribution is 2.32. The summed E-state index contributed by atoms with van der Waals surface area (Å²) in [5, 5.41) is 2.59. The monoisotopic (exact) mass is 292 g/mol. The molecular formula is C11H24N4O3S. The number of hydrogen-bond acceptors (Lipinski definition) is 4. The molecule has 1 rings (SSSR count). The minimum Gasteiger partial charge on any atom is -0.359 e. The lowest BCUT2D eigenvalue weighted by molar-refractivity contribution is -0.128. The number of hydrogen-bond donors (Lipinski definition) is 2. The van der Waals surface area contributed by atoms with Crippen molar-refractivity contribution in [1.82, 2.24) is 13.9 Å². The summed E-state index contributed by atoms with van der Waals surface area (Å²) in [7, 11) is -0.383. The van der Waals surface area contributed by atoms with E-state index >= 15 is 0 Å². The molecule has 1 amide bonds. The van der Waals surface area contributed by atoms with Crippen molar-refractivity contribution >= 4 is 16.1 Å². The molecule has 1 aliphatic rings. The molecular weight excluding hydrogens is 268 g/mol. The quantitative estimate of drug-likeness (QED) is 0.654. The summed E-state index contributed by atoms with van der Waals surface area (Å²) < 4.78 is 27.3. The van der Waals surface area contributed by atoms with E-state index in [0.29, 0.717) is 32.5 Å². The number of carbonyl (C=O) groups is 1. The van der Waals surface area contributed by atoms with Crippen LogP contribution < -0.4 is 11.1 Å². The predicted octanol–water partition coefficient (Wildman–Crippen LogP) is -1.03. The first-order chi connectivity index (χ1) is 8.78. The number of nitrogens with one attached hydrogen (secondary N) is 1. The van der Waals surface area contributed by atoms with E-state index in [-0.39, 0.29) is 12.5 Å². The van der Waals surface area contributed by atoms with Crippen LogP contribution in [0.4, 0.5) is 0 Å². The van der Waals surface area contributed by atoms with Gasteiger partial charge >= 0.3 is 0 Å². The van der Waals surface area contributed by atoms with Crippen LogP contribution in [0.15, 0.2) is 0 Å². The highest BCUT2D eigenvalue weighted by Gasteiger charge is 2.44. The van der Waals surface area contributed by atoms with Crippen molar-refractivity contribution in [2.24, 2.45) is 11.1 Å². The van der Waals surface area contributed by atoms with Crippen molar-refractivity contribution in [3.05, 3.63) is 0 Å². The Balaban J connectivity index is 2.75. The normalized spacial score (nSPS) is 24.9. The van der Waals surface area contributed by atoms with Gasteiger partial charge in [0.25, 0.3) is 10.2 Å². The molecule has 1 saturated heterocycles. The number of rotatable bonds is 6. The number of nitrogens with zero attached hydrogens (tertiary/aromatic N) is 2. The standard InChI is InChI=1S/C11H24N4O3S/c1-11(10(16)13-2)5-8-15(9-11)19(17,18)14(3)7-4-6-12/h4-9,12H2,1-3H3,(H,13,16). The highest BCUT2D eigenvalue weighted by molar-refractivity contribution is 7.86. The molecule has 1 aliphatic heterocycles. The molecule has 1 fully saturated rings. The van der Waals surface area contributed by atoms with Gasteiger partial charge in [0.15, 0.2) is 0 Å². The molecule has 0 aromatic rings. The lowest BCUT2D eigenvalue weighted by atomic mass is 9.89. The van der Waals surface area contributed by atoms with Gasteiger partial charge in [0, 0.05) is 33.7 Å². The van der Waals surface area contributed by atoms with Crippen LogP contribution in [0.25, 0.3) is 0 Å². The molecule has 0 aromatic carbocycles. The maximum atomic E-state index is 12.3. The van der Waals surface area contributed by atoms with Gasteiger partial charge in [-0.1, -0.05) is 0 Å². The van der Waals surface area contributed by atoms with Gasteiger partial charge < -0.3 is 11.1 Å². The van der Waals surface area contributed by atoms with Crippen LogP contribution in [0.5, 0.6) is 0 Å². The van der Waals surface area contributed by atoms with Gasteiger partial charge in [-0.2, -0.15) is 17.0 Å². The zero-order chi connectivity index (χ0) is 14.7. The summed E-state index contributed by atoms with van der Waals surface area (Å²) in [6.07, 6.45) is 1.16. The van der Waals surface area contributed by atoms with Crippen molar-refractivity contribution in [2.75, 3.05) is 40.3 Å². The Hall–Kier alpha value is -0.700. The van der Waals surface area contributed by atoms with Crippen molar-refractivity contribution in [3.8, 4) is 0 Å². The highest BCUT2D eigenvalue weighted by atomic mass is 32.2. The summed E-state index contributed by atoms with van der Waals surface area (Å²) in [6.45, 7) is 3.24. The second-order valence-corrected chi connectivity index (χ2v) is 7.23. The Morgan fingerprint density at radius 1 is 1.53 bits per heavy atom. The van der Waals surface area contributed by atoms with E-state index in [4.69, 9.17) is 5.73 Å². The van der Waals surface area contributed by atoms with E-state index in [2.05, 4.69) is 5.32 Å². The molecule has 0 radical (unpaired) electrons. The zero-order valence-electron chi connectivity index (χ0n) is 11.8. The van der Waals surface area contributed by atoms with Gasteiger partial charge in [-0.25, -0.2) is 0 Å². The molecule has 1 atom stereocenters. The maximum Gasteiger partial charge on any atom is 0.281 e. The Labute approximate surface area is 115 Å². The van der Waals surface area contributed by atoms with E-state index < -0.39 is 15.6 Å². The fourth-order valence-electron chi connectivity index (χ4n) is 2.23. The summed E-state index contributed by atoms with van der Waals surface area (Å²) in [5.74, 6) is -0.116. The molecule has 19 heavy (non-hydrogen) atoms. The second kappa shape index (κ2) is 6.17. The SMILES string of the molecule is CNC(=O)C1(C)CCN(S(=O)(=O)N(C)CCCN)C1. The summed E-state index contributed by atoms with van der Waals surface area (Å²) in [5.41, 5.74) is 4.74. The smallest absolute Gasteiger partial charge is 0.281 e. The third kappa shape index (κ3) is 3.44. The molecule has 3 N–H and O–H groups in total. The molecule has 0 aromatic heterocycles. The molecule has 0 spiro atoms. The third-order valence-electron chi connectivity index (χ3n) is 3.61. The minimum absolute atomic E-state index is 0.116. The zero-order valence-corrected chi connectivity index (χ0v) is 12.7. The number of carbonyl (C=O) groups excluding carboxylic acids is 1. The van der Waals surface area contributed by atoms with E-state index in [1.807, 2.05) is 0 Å². The molecule has 0 aliphatic carbocycles. The minimum atomic E-state index is -3.49. The van der Waals surface area contributed by atoms with E-state index in [9.17, 15) is 13.2 Å². The Bertz CT molecular complexity index is 426. The van der Waals surface area contributed by atoms with Crippen LogP contribution in [0.1, 0.15) is 19.8 Å². The lowest BCUT2D eigenvalue weighted by Gasteiger charge is -2.26. The molecule has 7 nitrogen and oxygen atoms in total. The average molecular weight is 292 g/mol. The van der Waals surface area contributed by atoms with Gasteiger partial charge in [-0.3, -0.25) is 4.79 Å². The summed E-state index contributed by atoms with van der Waals surface area (Å²) >= 11 is 0. The Morgan fingerprint density at radius 3 is 2.68 bits per heavy atom. The Kier molecular flexibility index (Phi) is 5.31.